The first-order chi connectivity index (χ1) is 6.98. The average molecular weight is 226 g/mol. The molecule has 15 heavy (non-hydrogen) atoms. The lowest BCUT2D eigenvalue weighted by molar-refractivity contribution is 0.410. The highest BCUT2D eigenvalue weighted by Gasteiger charge is 2.26. The van der Waals surface area contributed by atoms with Crippen LogP contribution in [-0.4, -0.2) is 13.0 Å². The van der Waals surface area contributed by atoms with Crippen molar-refractivity contribution in [3.05, 3.63) is 29.3 Å². The Balaban J connectivity index is 2.53. The van der Waals surface area contributed by atoms with Gasteiger partial charge in [0.15, 0.2) is 0 Å². The highest BCUT2D eigenvalue weighted by Crippen LogP contribution is 2.39. The van der Waals surface area contributed by atoms with E-state index in [2.05, 4.69) is 0 Å². The van der Waals surface area contributed by atoms with Gasteiger partial charge in [-0.25, -0.2) is 0 Å². The van der Waals surface area contributed by atoms with Crippen LogP contribution in [0.15, 0.2) is 23.1 Å². The zero-order valence-electron chi connectivity index (χ0n) is 8.60. The molecule has 0 radical (unpaired) electrons. The second-order valence-electron chi connectivity index (χ2n) is 4.14. The first-order valence-corrected chi connectivity index (χ1v) is 6.50. The molecule has 82 valence electrons. The molecule has 0 spiro atoms. The van der Waals surface area contributed by atoms with E-state index < -0.39 is 10.1 Å². The summed E-state index contributed by atoms with van der Waals surface area (Å²) >= 11 is 0. The van der Waals surface area contributed by atoms with Gasteiger partial charge in [0.05, 0.1) is 4.90 Å². The Morgan fingerprint density at radius 1 is 1.33 bits per heavy atom. The summed E-state index contributed by atoms with van der Waals surface area (Å²) in [4.78, 5) is 0.0813. The third-order valence-electron chi connectivity index (χ3n) is 2.99. The van der Waals surface area contributed by atoms with Crippen molar-refractivity contribution in [3.8, 4) is 0 Å². The fraction of sp³-hybridized carbons (Fsp3) is 0.455. The summed E-state index contributed by atoms with van der Waals surface area (Å²) in [5.74, 6) is 0.307. The SMILES string of the molecule is Cc1ccc(S(=O)(=O)O)c(C2CCC2)c1. The minimum absolute atomic E-state index is 0.0813. The molecule has 0 heterocycles. The van der Waals surface area contributed by atoms with Gasteiger partial charge in [-0.15, -0.1) is 0 Å². The topological polar surface area (TPSA) is 54.4 Å². The second kappa shape index (κ2) is 3.61. The summed E-state index contributed by atoms with van der Waals surface area (Å²) in [5, 5.41) is 0. The van der Waals surface area contributed by atoms with Crippen LogP contribution >= 0.6 is 0 Å². The zero-order chi connectivity index (χ0) is 11.1. The van der Waals surface area contributed by atoms with Gasteiger partial charge in [0, 0.05) is 0 Å². The van der Waals surface area contributed by atoms with Crippen LogP contribution in [0.1, 0.15) is 36.3 Å². The Morgan fingerprint density at radius 3 is 2.47 bits per heavy atom. The van der Waals surface area contributed by atoms with Gasteiger partial charge in [0.2, 0.25) is 0 Å². The molecule has 0 atom stereocenters. The fourth-order valence-electron chi connectivity index (χ4n) is 1.94. The molecule has 1 N–H and O–H groups in total. The van der Waals surface area contributed by atoms with Gasteiger partial charge < -0.3 is 0 Å². The van der Waals surface area contributed by atoms with E-state index >= 15 is 0 Å². The van der Waals surface area contributed by atoms with Crippen LogP contribution in [0.25, 0.3) is 0 Å². The van der Waals surface area contributed by atoms with Crippen molar-refractivity contribution >= 4 is 10.1 Å². The largest absolute Gasteiger partial charge is 0.294 e. The van der Waals surface area contributed by atoms with Crippen molar-refractivity contribution in [2.75, 3.05) is 0 Å². The monoisotopic (exact) mass is 226 g/mol. The molecule has 1 aliphatic rings. The molecular formula is C11H14O3S. The molecule has 1 aromatic rings. The van der Waals surface area contributed by atoms with E-state index in [0.717, 1.165) is 30.4 Å². The van der Waals surface area contributed by atoms with E-state index in [0.29, 0.717) is 5.92 Å². The van der Waals surface area contributed by atoms with Crippen LogP contribution in [0.5, 0.6) is 0 Å². The summed E-state index contributed by atoms with van der Waals surface area (Å²) < 4.78 is 31.4. The van der Waals surface area contributed by atoms with E-state index in [1.165, 1.54) is 6.07 Å². The van der Waals surface area contributed by atoms with Crippen LogP contribution in [0.3, 0.4) is 0 Å². The lowest BCUT2D eigenvalue weighted by atomic mass is 9.80. The normalized spacial score (nSPS) is 17.5. The maximum atomic E-state index is 11.2. The predicted octanol–water partition coefficient (Wildman–Crippen LogP) is 2.51. The van der Waals surface area contributed by atoms with Crippen LogP contribution in [0, 0.1) is 6.92 Å². The van der Waals surface area contributed by atoms with E-state index in [9.17, 15) is 8.42 Å². The molecule has 0 aliphatic heterocycles. The summed E-state index contributed by atoms with van der Waals surface area (Å²) in [6.45, 7) is 1.93. The van der Waals surface area contributed by atoms with Crippen LogP contribution < -0.4 is 0 Å². The molecule has 4 heteroatoms. The second-order valence-corrected chi connectivity index (χ2v) is 5.53. The minimum atomic E-state index is -4.07. The molecule has 0 saturated heterocycles. The zero-order valence-corrected chi connectivity index (χ0v) is 9.42. The summed E-state index contributed by atoms with van der Waals surface area (Å²) in [7, 11) is -4.07. The molecular weight excluding hydrogens is 212 g/mol. The highest BCUT2D eigenvalue weighted by atomic mass is 32.2. The summed E-state index contributed by atoms with van der Waals surface area (Å²) in [5.41, 5.74) is 1.81. The smallest absolute Gasteiger partial charge is 0.282 e. The number of hydrogen-bond donors (Lipinski definition) is 1. The number of rotatable bonds is 2. The van der Waals surface area contributed by atoms with Crippen molar-refractivity contribution in [3.63, 3.8) is 0 Å². The molecule has 3 nitrogen and oxygen atoms in total. The van der Waals surface area contributed by atoms with E-state index in [1.54, 1.807) is 6.07 Å². The van der Waals surface area contributed by atoms with E-state index in [4.69, 9.17) is 4.55 Å². The summed E-state index contributed by atoms with van der Waals surface area (Å²) in [6.07, 6.45) is 3.18. The number of benzene rings is 1. The third-order valence-corrected chi connectivity index (χ3v) is 3.92. The van der Waals surface area contributed by atoms with E-state index in [-0.39, 0.29) is 4.90 Å². The number of hydrogen-bond acceptors (Lipinski definition) is 2. The molecule has 0 amide bonds. The molecule has 0 aromatic heterocycles. The quantitative estimate of drug-likeness (QED) is 0.788. The molecule has 2 rings (SSSR count). The van der Waals surface area contributed by atoms with Gasteiger partial charge in [0.25, 0.3) is 10.1 Å². The van der Waals surface area contributed by atoms with Gasteiger partial charge in [-0.05, 0) is 37.3 Å². The van der Waals surface area contributed by atoms with Gasteiger partial charge in [0.1, 0.15) is 0 Å². The molecule has 1 saturated carbocycles. The van der Waals surface area contributed by atoms with Crippen LogP contribution in [0.2, 0.25) is 0 Å². The van der Waals surface area contributed by atoms with Gasteiger partial charge in [-0.1, -0.05) is 24.1 Å². The average Bonchev–Trinajstić information content (AvgIpc) is 1.98. The Labute approximate surface area is 89.9 Å². The predicted molar refractivity (Wildman–Crippen MR) is 57.6 cm³/mol. The highest BCUT2D eigenvalue weighted by molar-refractivity contribution is 7.85. The van der Waals surface area contributed by atoms with Crippen LogP contribution in [-0.2, 0) is 10.1 Å². The van der Waals surface area contributed by atoms with Crippen molar-refractivity contribution in [1.82, 2.24) is 0 Å². The lowest BCUT2D eigenvalue weighted by Gasteiger charge is -2.27. The fourth-order valence-corrected chi connectivity index (χ4v) is 2.70. The van der Waals surface area contributed by atoms with Crippen LogP contribution in [0.4, 0.5) is 0 Å². The first-order valence-electron chi connectivity index (χ1n) is 5.06. The van der Waals surface area contributed by atoms with Gasteiger partial charge in [-0.2, -0.15) is 8.42 Å². The molecule has 1 aromatic carbocycles. The molecule has 0 unspecified atom stereocenters. The van der Waals surface area contributed by atoms with Crippen molar-refractivity contribution in [2.45, 2.75) is 37.0 Å². The Bertz CT molecular complexity index is 473. The Morgan fingerprint density at radius 2 is 2.00 bits per heavy atom. The van der Waals surface area contributed by atoms with Gasteiger partial charge >= 0.3 is 0 Å². The van der Waals surface area contributed by atoms with Crippen molar-refractivity contribution < 1.29 is 13.0 Å². The van der Waals surface area contributed by atoms with Crippen molar-refractivity contribution in [1.29, 1.82) is 0 Å². The Kier molecular flexibility index (Phi) is 2.56. The minimum Gasteiger partial charge on any atom is -0.282 e. The van der Waals surface area contributed by atoms with E-state index in [1.807, 2.05) is 13.0 Å². The maximum absolute atomic E-state index is 11.2. The third kappa shape index (κ3) is 2.06. The van der Waals surface area contributed by atoms with Crippen molar-refractivity contribution in [2.24, 2.45) is 0 Å². The molecule has 1 aliphatic carbocycles. The van der Waals surface area contributed by atoms with Gasteiger partial charge in [-0.3, -0.25) is 4.55 Å². The molecule has 1 fully saturated rings. The summed E-state index contributed by atoms with van der Waals surface area (Å²) in [6, 6.07) is 5.08. The lowest BCUT2D eigenvalue weighted by Crippen LogP contribution is -2.13. The first kappa shape index (κ1) is 10.6. The maximum Gasteiger partial charge on any atom is 0.294 e. The molecule has 0 bridgehead atoms. The number of aryl methyl sites for hydroxylation is 1. The Hall–Kier alpha value is -0.870. The standard InChI is InChI=1S/C11H14O3S/c1-8-5-6-11(15(12,13)14)10(7-8)9-3-2-4-9/h5-7,9H,2-4H2,1H3,(H,12,13,14).